The Bertz CT molecular complexity index is 787. The molecule has 0 aliphatic carbocycles. The number of aromatic nitrogens is 1. The number of carbonyl (C=O) groups excluding carboxylic acids is 1. The Labute approximate surface area is 139 Å². The molecule has 0 radical (unpaired) electrons. The van der Waals surface area contributed by atoms with Crippen LogP contribution in [-0.4, -0.2) is 65.4 Å². The standard InChI is InChI=1S/C17H21N3O2S/c1-19(2)14-9-20(10-15(14)23-3)17(22)12-8-16(21)18-13-7-5-4-6-11(12)13/h4-8,14-15H,9-10H2,1-3H3,(H,18,21)/t14-,15-/m0/s1. The van der Waals surface area contributed by atoms with Crippen molar-refractivity contribution in [3.63, 3.8) is 0 Å². The van der Waals surface area contributed by atoms with Gasteiger partial charge in [-0.1, -0.05) is 18.2 Å². The number of thioether (sulfide) groups is 1. The van der Waals surface area contributed by atoms with Gasteiger partial charge in [0.05, 0.1) is 5.56 Å². The van der Waals surface area contributed by atoms with Crippen molar-refractivity contribution in [1.82, 2.24) is 14.8 Å². The molecule has 1 fully saturated rings. The average molecular weight is 331 g/mol. The molecule has 1 saturated heterocycles. The van der Waals surface area contributed by atoms with Crippen molar-refractivity contribution in [3.05, 3.63) is 46.2 Å². The molecule has 6 heteroatoms. The Hall–Kier alpha value is -1.79. The normalized spacial score (nSPS) is 21.3. The molecule has 2 heterocycles. The van der Waals surface area contributed by atoms with Gasteiger partial charge >= 0.3 is 0 Å². The van der Waals surface area contributed by atoms with Crippen molar-refractivity contribution in [3.8, 4) is 0 Å². The highest BCUT2D eigenvalue weighted by Crippen LogP contribution is 2.26. The maximum absolute atomic E-state index is 13.0. The van der Waals surface area contributed by atoms with Gasteiger partial charge in [-0.2, -0.15) is 11.8 Å². The summed E-state index contributed by atoms with van der Waals surface area (Å²) in [5.41, 5.74) is 0.952. The van der Waals surface area contributed by atoms with E-state index in [9.17, 15) is 9.59 Å². The fraction of sp³-hybridized carbons (Fsp3) is 0.412. The Morgan fingerprint density at radius 1 is 1.30 bits per heavy atom. The molecule has 1 amide bonds. The number of likely N-dealkylation sites (N-methyl/N-ethyl adjacent to an activating group) is 1. The second-order valence-electron chi connectivity index (χ2n) is 6.11. The summed E-state index contributed by atoms with van der Waals surface area (Å²) in [6, 6.07) is 9.20. The predicted molar refractivity (Wildman–Crippen MR) is 95.3 cm³/mol. The average Bonchev–Trinajstić information content (AvgIpc) is 2.98. The highest BCUT2D eigenvalue weighted by Gasteiger charge is 2.36. The van der Waals surface area contributed by atoms with Gasteiger partial charge in [0, 0.05) is 41.4 Å². The first-order valence-corrected chi connectivity index (χ1v) is 8.90. The van der Waals surface area contributed by atoms with Crippen LogP contribution in [0.5, 0.6) is 0 Å². The molecular formula is C17H21N3O2S. The van der Waals surface area contributed by atoms with Crippen LogP contribution >= 0.6 is 11.8 Å². The zero-order valence-corrected chi connectivity index (χ0v) is 14.4. The molecule has 1 aliphatic rings. The van der Waals surface area contributed by atoms with Crippen LogP contribution in [0.4, 0.5) is 0 Å². The molecule has 1 N–H and O–H groups in total. The Kier molecular flexibility index (Phi) is 4.46. The van der Waals surface area contributed by atoms with E-state index in [2.05, 4.69) is 16.1 Å². The van der Waals surface area contributed by atoms with Crippen molar-refractivity contribution in [1.29, 1.82) is 0 Å². The lowest BCUT2D eigenvalue weighted by Crippen LogP contribution is -2.37. The number of carbonyl (C=O) groups is 1. The summed E-state index contributed by atoms with van der Waals surface area (Å²) >= 11 is 1.79. The van der Waals surface area contributed by atoms with Crippen molar-refractivity contribution in [2.75, 3.05) is 33.4 Å². The molecule has 23 heavy (non-hydrogen) atoms. The highest BCUT2D eigenvalue weighted by molar-refractivity contribution is 7.99. The van der Waals surface area contributed by atoms with Crippen LogP contribution in [0, 0.1) is 0 Å². The summed E-state index contributed by atoms with van der Waals surface area (Å²) in [5, 5.41) is 1.19. The van der Waals surface area contributed by atoms with Gasteiger partial charge in [-0.15, -0.1) is 0 Å². The second-order valence-corrected chi connectivity index (χ2v) is 7.18. The maximum Gasteiger partial charge on any atom is 0.254 e. The fourth-order valence-electron chi connectivity index (χ4n) is 3.20. The second kappa shape index (κ2) is 6.37. The molecule has 0 bridgehead atoms. The van der Waals surface area contributed by atoms with Crippen LogP contribution in [0.3, 0.4) is 0 Å². The lowest BCUT2D eigenvalue weighted by atomic mass is 10.1. The number of para-hydroxylation sites is 1. The number of nitrogens with one attached hydrogen (secondary N) is 1. The van der Waals surface area contributed by atoms with E-state index in [0.29, 0.717) is 35.5 Å². The SMILES string of the molecule is CS[C@H]1CN(C(=O)c2cc(=O)[nH]c3ccccc23)C[C@@H]1N(C)C. The largest absolute Gasteiger partial charge is 0.336 e. The molecule has 1 aromatic carbocycles. The predicted octanol–water partition coefficient (Wildman–Crippen LogP) is 1.65. The lowest BCUT2D eigenvalue weighted by molar-refractivity contribution is 0.0785. The van der Waals surface area contributed by atoms with Crippen molar-refractivity contribution in [2.45, 2.75) is 11.3 Å². The van der Waals surface area contributed by atoms with Crippen LogP contribution < -0.4 is 5.56 Å². The Morgan fingerprint density at radius 3 is 2.70 bits per heavy atom. The van der Waals surface area contributed by atoms with E-state index in [1.807, 2.05) is 43.3 Å². The van der Waals surface area contributed by atoms with E-state index in [1.54, 1.807) is 11.8 Å². The van der Waals surface area contributed by atoms with Gasteiger partial charge < -0.3 is 14.8 Å². The summed E-state index contributed by atoms with van der Waals surface area (Å²) in [4.78, 5) is 31.7. The number of H-pyrrole nitrogens is 1. The first-order chi connectivity index (χ1) is 11.0. The first kappa shape index (κ1) is 16.1. The number of likely N-dealkylation sites (tertiary alicyclic amines) is 1. The third kappa shape index (κ3) is 3.01. The molecule has 1 aliphatic heterocycles. The molecule has 0 saturated carbocycles. The Morgan fingerprint density at radius 2 is 2.04 bits per heavy atom. The molecular weight excluding hydrogens is 310 g/mol. The zero-order chi connectivity index (χ0) is 16.6. The number of aromatic amines is 1. The van der Waals surface area contributed by atoms with Gasteiger partial charge in [0.2, 0.25) is 5.56 Å². The minimum absolute atomic E-state index is 0.0595. The van der Waals surface area contributed by atoms with Crippen molar-refractivity contribution >= 4 is 28.6 Å². The molecule has 2 atom stereocenters. The molecule has 1 aromatic heterocycles. The van der Waals surface area contributed by atoms with E-state index < -0.39 is 0 Å². The fourth-order valence-corrected chi connectivity index (χ4v) is 4.17. The number of hydrogen-bond acceptors (Lipinski definition) is 4. The molecule has 5 nitrogen and oxygen atoms in total. The van der Waals surface area contributed by atoms with Crippen LogP contribution in [0.2, 0.25) is 0 Å². The molecule has 3 rings (SSSR count). The van der Waals surface area contributed by atoms with E-state index in [0.717, 1.165) is 5.39 Å². The summed E-state index contributed by atoms with van der Waals surface area (Å²) in [6.07, 6.45) is 2.08. The van der Waals surface area contributed by atoms with Gasteiger partial charge in [-0.05, 0) is 26.4 Å². The molecule has 2 aromatic rings. The molecule has 122 valence electrons. The summed E-state index contributed by atoms with van der Waals surface area (Å²) < 4.78 is 0. The molecule has 0 unspecified atom stereocenters. The van der Waals surface area contributed by atoms with Crippen molar-refractivity contribution < 1.29 is 4.79 Å². The number of benzene rings is 1. The lowest BCUT2D eigenvalue weighted by Gasteiger charge is -2.23. The number of nitrogens with zero attached hydrogens (tertiary/aromatic N) is 2. The van der Waals surface area contributed by atoms with E-state index in [1.165, 1.54) is 6.07 Å². The van der Waals surface area contributed by atoms with Crippen LogP contribution in [0.15, 0.2) is 35.1 Å². The summed E-state index contributed by atoms with van der Waals surface area (Å²) in [7, 11) is 4.09. The van der Waals surface area contributed by atoms with Gasteiger partial charge in [0.25, 0.3) is 5.91 Å². The quantitative estimate of drug-likeness (QED) is 0.929. The van der Waals surface area contributed by atoms with Crippen LogP contribution in [0.1, 0.15) is 10.4 Å². The molecule has 0 spiro atoms. The van der Waals surface area contributed by atoms with Gasteiger partial charge in [-0.3, -0.25) is 9.59 Å². The monoisotopic (exact) mass is 331 g/mol. The van der Waals surface area contributed by atoms with E-state index in [4.69, 9.17) is 0 Å². The minimum atomic E-state index is -0.239. The first-order valence-electron chi connectivity index (χ1n) is 7.62. The number of fused-ring (bicyclic) bond motifs is 1. The minimum Gasteiger partial charge on any atom is -0.336 e. The van der Waals surface area contributed by atoms with Crippen LogP contribution in [0.25, 0.3) is 10.9 Å². The topological polar surface area (TPSA) is 56.4 Å². The maximum atomic E-state index is 13.0. The van der Waals surface area contributed by atoms with E-state index >= 15 is 0 Å². The summed E-state index contributed by atoms with van der Waals surface area (Å²) in [6.45, 7) is 1.41. The van der Waals surface area contributed by atoms with Gasteiger partial charge in [0.1, 0.15) is 0 Å². The van der Waals surface area contributed by atoms with E-state index in [-0.39, 0.29) is 11.5 Å². The number of amides is 1. The Balaban J connectivity index is 1.97. The third-order valence-corrected chi connectivity index (χ3v) is 5.54. The number of hydrogen-bond donors (Lipinski definition) is 1. The van der Waals surface area contributed by atoms with Gasteiger partial charge in [-0.25, -0.2) is 0 Å². The summed E-state index contributed by atoms with van der Waals surface area (Å²) in [5.74, 6) is -0.0595. The smallest absolute Gasteiger partial charge is 0.254 e. The number of pyridine rings is 1. The zero-order valence-electron chi connectivity index (χ0n) is 13.6. The van der Waals surface area contributed by atoms with Crippen molar-refractivity contribution in [2.24, 2.45) is 0 Å². The van der Waals surface area contributed by atoms with Gasteiger partial charge in [0.15, 0.2) is 0 Å². The van der Waals surface area contributed by atoms with Crippen LogP contribution in [-0.2, 0) is 0 Å². The number of rotatable bonds is 3. The third-order valence-electron chi connectivity index (χ3n) is 4.47. The highest BCUT2D eigenvalue weighted by atomic mass is 32.2.